The molecule has 0 aromatic carbocycles. The minimum Gasteiger partial charge on any atom is -1.00 e. The van der Waals surface area contributed by atoms with E-state index in [0.29, 0.717) is 0 Å². The van der Waals surface area contributed by atoms with Gasteiger partial charge in [-0.3, -0.25) is 0 Å². The van der Waals surface area contributed by atoms with Crippen LogP contribution in [0.3, 0.4) is 0 Å². The second kappa shape index (κ2) is 7.58. The zero-order valence-corrected chi connectivity index (χ0v) is 18.3. The van der Waals surface area contributed by atoms with Crippen molar-refractivity contribution in [1.29, 1.82) is 0 Å². The van der Waals surface area contributed by atoms with Gasteiger partial charge in [-0.15, -0.1) is 0 Å². The van der Waals surface area contributed by atoms with Gasteiger partial charge in [-0.05, 0) is 0 Å². The molecule has 1 saturated heterocycles. The van der Waals surface area contributed by atoms with Crippen molar-refractivity contribution in [3.63, 3.8) is 0 Å². The third-order valence-corrected chi connectivity index (χ3v) is 24.8. The van der Waals surface area contributed by atoms with E-state index in [0.717, 1.165) is 23.7 Å². The third-order valence-electron chi connectivity index (χ3n) is 7.91. The standard InChI is InChI=1S/2C9H11.C3H6.2ClH.Zr/c2*1-2-5-9-7-3-6-8(9)4-1;1-3-2;;;/h2*1-2,4-6,8-9H,3,7H2;1-3H2;2*1H;/q;;;;;+2/p-2. The summed E-state index contributed by atoms with van der Waals surface area (Å²) < 4.78 is 5.81. The Morgan fingerprint density at radius 1 is 0.583 bits per heavy atom. The van der Waals surface area contributed by atoms with Gasteiger partial charge in [0, 0.05) is 0 Å². The first-order valence-electron chi connectivity index (χ1n) is 9.58. The van der Waals surface area contributed by atoms with Crippen LogP contribution in [0.15, 0.2) is 48.6 Å². The van der Waals surface area contributed by atoms with Crippen LogP contribution in [0, 0.1) is 23.7 Å². The minimum atomic E-state index is -1.96. The maximum absolute atomic E-state index is 2.61. The summed E-state index contributed by atoms with van der Waals surface area (Å²) in [5, 5.41) is 0. The maximum atomic E-state index is 2.61. The fraction of sp³-hybridized carbons (Fsp3) is 0.619. The van der Waals surface area contributed by atoms with Crippen LogP contribution in [0.4, 0.5) is 0 Å². The van der Waals surface area contributed by atoms with Crippen molar-refractivity contribution in [2.75, 3.05) is 0 Å². The van der Waals surface area contributed by atoms with Crippen LogP contribution in [0.2, 0.25) is 15.5 Å². The molecule has 130 valence electrons. The van der Waals surface area contributed by atoms with Crippen LogP contribution < -0.4 is 24.8 Å². The van der Waals surface area contributed by atoms with Crippen molar-refractivity contribution < 1.29 is 45.1 Å². The first-order chi connectivity index (χ1) is 10.9. The summed E-state index contributed by atoms with van der Waals surface area (Å²) in [6.07, 6.45) is 27.4. The second-order valence-corrected chi connectivity index (χ2v) is 20.6. The molecule has 6 atom stereocenters. The molecular weight excluding hydrogens is 414 g/mol. The molecule has 3 heteroatoms. The van der Waals surface area contributed by atoms with Crippen LogP contribution in [-0.2, 0) is 20.3 Å². The molecule has 24 heavy (non-hydrogen) atoms. The minimum absolute atomic E-state index is 0. The summed E-state index contributed by atoms with van der Waals surface area (Å²) in [6.45, 7) is 0. The predicted molar refractivity (Wildman–Crippen MR) is 90.7 cm³/mol. The van der Waals surface area contributed by atoms with Crippen molar-refractivity contribution in [3.8, 4) is 0 Å². The van der Waals surface area contributed by atoms with E-state index in [9.17, 15) is 0 Å². The number of halogens is 2. The molecule has 0 aromatic heterocycles. The van der Waals surface area contributed by atoms with E-state index in [1.807, 2.05) is 0 Å². The Kier molecular flexibility index (Phi) is 6.06. The third kappa shape index (κ3) is 2.82. The Morgan fingerprint density at radius 3 is 1.46 bits per heavy atom. The number of hydrogen-bond donors (Lipinski definition) is 0. The molecule has 4 aliphatic carbocycles. The van der Waals surface area contributed by atoms with Gasteiger partial charge in [-0.25, -0.2) is 0 Å². The van der Waals surface area contributed by atoms with Crippen molar-refractivity contribution in [2.24, 2.45) is 23.7 Å². The molecule has 1 heterocycles. The van der Waals surface area contributed by atoms with Crippen LogP contribution in [0.5, 0.6) is 0 Å². The van der Waals surface area contributed by atoms with E-state index in [4.69, 9.17) is 0 Å². The summed E-state index contributed by atoms with van der Waals surface area (Å²) in [4.78, 5) is 0. The largest absolute Gasteiger partial charge is 1.00 e. The Bertz CT molecular complexity index is 526. The average molecular weight is 443 g/mol. The summed E-state index contributed by atoms with van der Waals surface area (Å²) in [6, 6.07) is 0. The number of allylic oxidation sites excluding steroid dienone is 8. The van der Waals surface area contributed by atoms with Gasteiger partial charge < -0.3 is 24.8 Å². The van der Waals surface area contributed by atoms with E-state index >= 15 is 0 Å². The van der Waals surface area contributed by atoms with Gasteiger partial charge in [-0.2, -0.15) is 0 Å². The molecule has 0 bridgehead atoms. The van der Waals surface area contributed by atoms with Gasteiger partial charge >= 0.3 is 140 Å². The Labute approximate surface area is 164 Å². The molecule has 0 spiro atoms. The van der Waals surface area contributed by atoms with Crippen LogP contribution in [-0.4, -0.2) is 0 Å². The molecule has 6 unspecified atom stereocenters. The normalized spacial score (nSPS) is 42.0. The van der Waals surface area contributed by atoms with Gasteiger partial charge in [0.2, 0.25) is 0 Å². The van der Waals surface area contributed by atoms with Crippen molar-refractivity contribution in [2.45, 2.75) is 47.6 Å². The summed E-state index contributed by atoms with van der Waals surface area (Å²) in [5.41, 5.74) is 0. The zero-order chi connectivity index (χ0) is 14.6. The molecule has 1 aliphatic heterocycles. The Hall–Kier alpha value is 0.423. The van der Waals surface area contributed by atoms with Crippen LogP contribution in [0.25, 0.3) is 0 Å². The first kappa shape index (κ1) is 19.2. The van der Waals surface area contributed by atoms with Crippen LogP contribution in [0.1, 0.15) is 32.1 Å². The van der Waals surface area contributed by atoms with E-state index in [-0.39, 0.29) is 24.8 Å². The van der Waals surface area contributed by atoms with Gasteiger partial charge in [0.1, 0.15) is 0 Å². The fourth-order valence-corrected chi connectivity index (χ4v) is 23.9. The number of rotatable bonds is 2. The van der Waals surface area contributed by atoms with Gasteiger partial charge in [0.05, 0.1) is 0 Å². The molecule has 0 nitrogen and oxygen atoms in total. The number of hydrogen-bond acceptors (Lipinski definition) is 0. The van der Waals surface area contributed by atoms with E-state index in [1.165, 1.54) is 20.1 Å². The fourth-order valence-electron chi connectivity index (χ4n) is 6.86. The van der Waals surface area contributed by atoms with E-state index in [2.05, 4.69) is 48.6 Å². The molecule has 5 rings (SSSR count). The zero-order valence-electron chi connectivity index (χ0n) is 14.3. The van der Waals surface area contributed by atoms with Gasteiger partial charge in [0.25, 0.3) is 0 Å². The molecular formula is C21H28Cl2Zr. The van der Waals surface area contributed by atoms with E-state index < -0.39 is 20.3 Å². The smallest absolute Gasteiger partial charge is 1.00 e. The first-order valence-corrected chi connectivity index (χ1v) is 15.9. The number of fused-ring (bicyclic) bond motifs is 2. The molecule has 5 aliphatic rings. The summed E-state index contributed by atoms with van der Waals surface area (Å²) >= 11 is -1.96. The molecule has 0 N–H and O–H groups in total. The van der Waals surface area contributed by atoms with E-state index in [1.54, 1.807) is 27.5 Å². The topological polar surface area (TPSA) is 0 Å². The average Bonchev–Trinajstić information content (AvgIpc) is 3.13. The predicted octanol–water partition coefficient (Wildman–Crippen LogP) is 0.270. The molecule has 3 fully saturated rings. The monoisotopic (exact) mass is 440 g/mol. The van der Waals surface area contributed by atoms with Crippen LogP contribution >= 0.6 is 0 Å². The SMILES string of the molecule is C1=CC2CC[CH]([Zr+2]3([CH]4CCC5C=CC=CC54)[CH2]C[CH2]3)C2C=C1.[Cl-].[Cl-]. The van der Waals surface area contributed by atoms with Crippen molar-refractivity contribution in [3.05, 3.63) is 48.6 Å². The molecule has 0 amide bonds. The van der Waals surface area contributed by atoms with Crippen molar-refractivity contribution >= 4 is 0 Å². The van der Waals surface area contributed by atoms with Gasteiger partial charge in [-0.1, -0.05) is 0 Å². The second-order valence-electron chi connectivity index (χ2n) is 8.48. The molecule has 0 aromatic rings. The van der Waals surface area contributed by atoms with Gasteiger partial charge in [0.15, 0.2) is 0 Å². The van der Waals surface area contributed by atoms with Crippen molar-refractivity contribution in [1.82, 2.24) is 0 Å². The Balaban J connectivity index is 0.000000845. The molecule has 0 radical (unpaired) electrons. The maximum Gasteiger partial charge on any atom is -1.00 e. The quantitative estimate of drug-likeness (QED) is 0.576. The molecule has 2 saturated carbocycles. The summed E-state index contributed by atoms with van der Waals surface area (Å²) in [7, 11) is 0. The summed E-state index contributed by atoms with van der Waals surface area (Å²) in [5.74, 6) is 3.71. The Morgan fingerprint density at radius 2 is 1.04 bits per heavy atom.